The maximum absolute atomic E-state index is 11.8. The Morgan fingerprint density at radius 2 is 2.21 bits per heavy atom. The van der Waals surface area contributed by atoms with Crippen LogP contribution in [0.4, 0.5) is 0 Å². The molecule has 0 fully saturated rings. The number of likely N-dealkylation sites (N-methyl/N-ethyl adjacent to an activating group) is 1. The molecule has 1 aromatic heterocycles. The lowest BCUT2D eigenvalue weighted by atomic mass is 10.2. The highest BCUT2D eigenvalue weighted by Crippen LogP contribution is 2.24. The van der Waals surface area contributed by atoms with Crippen molar-refractivity contribution in [3.63, 3.8) is 0 Å². The molecule has 0 saturated heterocycles. The maximum Gasteiger partial charge on any atom is 0.355 e. The normalized spacial score (nSPS) is 17.7. The van der Waals surface area contributed by atoms with E-state index in [0.717, 1.165) is 15.6 Å². The number of esters is 1. The number of nitrogens with zero attached hydrogens (tertiary/aromatic N) is 3. The number of allylic oxidation sites excluding steroid dienone is 1. The molecule has 1 aromatic rings. The van der Waals surface area contributed by atoms with Crippen molar-refractivity contribution in [3.05, 3.63) is 27.3 Å². The van der Waals surface area contributed by atoms with Crippen molar-refractivity contribution in [1.82, 2.24) is 9.29 Å². The molecule has 0 saturated carbocycles. The number of thiazole rings is 1. The van der Waals surface area contributed by atoms with Crippen LogP contribution in [0.5, 0.6) is 0 Å². The van der Waals surface area contributed by atoms with Gasteiger partial charge in [-0.15, -0.1) is 15.7 Å². The van der Waals surface area contributed by atoms with E-state index in [4.69, 9.17) is 11.6 Å². The standard InChI is InChI=1S/C9H8ClN3O4S2/c1-13-6(8(14)17-2)3-5(12-19(13,15)16)7-4-11-9(10)18-7/h3-4H,1-2H3. The molecule has 0 spiro atoms. The summed E-state index contributed by atoms with van der Waals surface area (Å²) in [7, 11) is -1.58. The van der Waals surface area contributed by atoms with Crippen molar-refractivity contribution in [1.29, 1.82) is 0 Å². The molecule has 10 heteroatoms. The highest BCUT2D eigenvalue weighted by molar-refractivity contribution is 7.88. The van der Waals surface area contributed by atoms with Crippen molar-refractivity contribution < 1.29 is 17.9 Å². The fourth-order valence-electron chi connectivity index (χ4n) is 1.34. The highest BCUT2D eigenvalue weighted by Gasteiger charge is 2.31. The molecular formula is C9H8ClN3O4S2. The largest absolute Gasteiger partial charge is 0.464 e. The SMILES string of the molecule is COC(=O)C1=CC(c2cnc(Cl)s2)=NS(=O)(=O)N1C. The van der Waals surface area contributed by atoms with E-state index in [0.29, 0.717) is 4.88 Å². The summed E-state index contributed by atoms with van der Waals surface area (Å²) in [5.41, 5.74) is -0.0278. The Hall–Kier alpha value is -1.45. The molecule has 2 heterocycles. The van der Waals surface area contributed by atoms with Crippen molar-refractivity contribution in [2.45, 2.75) is 0 Å². The molecule has 0 radical (unpaired) electrons. The van der Waals surface area contributed by atoms with Crippen molar-refractivity contribution in [2.24, 2.45) is 4.40 Å². The number of rotatable bonds is 2. The second-order valence-electron chi connectivity index (χ2n) is 3.42. The molecule has 7 nitrogen and oxygen atoms in total. The van der Waals surface area contributed by atoms with Gasteiger partial charge in [-0.2, -0.15) is 8.42 Å². The molecule has 0 aliphatic carbocycles. The van der Waals surface area contributed by atoms with Gasteiger partial charge >= 0.3 is 16.2 Å². The molecule has 0 amide bonds. The average molecular weight is 322 g/mol. The van der Waals surface area contributed by atoms with Crippen LogP contribution in [-0.4, -0.2) is 43.5 Å². The van der Waals surface area contributed by atoms with Crippen molar-refractivity contribution in [2.75, 3.05) is 14.2 Å². The number of ether oxygens (including phenoxy) is 1. The number of methoxy groups -OCH3 is 1. The molecule has 0 atom stereocenters. The fourth-order valence-corrected chi connectivity index (χ4v) is 3.19. The van der Waals surface area contributed by atoms with Crippen LogP contribution in [0.25, 0.3) is 0 Å². The zero-order valence-corrected chi connectivity index (χ0v) is 12.2. The minimum Gasteiger partial charge on any atom is -0.464 e. The van der Waals surface area contributed by atoms with Gasteiger partial charge in [-0.05, 0) is 6.08 Å². The van der Waals surface area contributed by atoms with Crippen LogP contribution in [0, 0.1) is 0 Å². The van der Waals surface area contributed by atoms with Gasteiger partial charge in [0.2, 0.25) is 0 Å². The summed E-state index contributed by atoms with van der Waals surface area (Å²) in [6, 6.07) is 0. The minimum absolute atomic E-state index is 0.0999. The number of carbonyl (C=O) groups excluding carboxylic acids is 1. The van der Waals surface area contributed by atoms with Crippen LogP contribution >= 0.6 is 22.9 Å². The van der Waals surface area contributed by atoms with Gasteiger partial charge in [-0.25, -0.2) is 14.1 Å². The van der Waals surface area contributed by atoms with E-state index in [9.17, 15) is 13.2 Å². The molecule has 19 heavy (non-hydrogen) atoms. The Labute approximate surface area is 118 Å². The topological polar surface area (TPSA) is 88.9 Å². The summed E-state index contributed by atoms with van der Waals surface area (Å²) in [4.78, 5) is 15.8. The lowest BCUT2D eigenvalue weighted by molar-refractivity contribution is -0.137. The first kappa shape index (κ1) is 14.0. The molecule has 0 unspecified atom stereocenters. The smallest absolute Gasteiger partial charge is 0.355 e. The number of hydrogen-bond donors (Lipinski definition) is 0. The zero-order valence-electron chi connectivity index (χ0n) is 9.82. The Morgan fingerprint density at radius 3 is 2.74 bits per heavy atom. The molecule has 1 aliphatic rings. The maximum atomic E-state index is 11.8. The Bertz CT molecular complexity index is 692. The second-order valence-corrected chi connectivity index (χ2v) is 6.66. The minimum atomic E-state index is -3.97. The van der Waals surface area contributed by atoms with Crippen molar-refractivity contribution >= 4 is 44.8 Å². The summed E-state index contributed by atoms with van der Waals surface area (Å²) in [6.07, 6.45) is 2.70. The number of halogens is 1. The number of aromatic nitrogens is 1. The van der Waals surface area contributed by atoms with E-state index in [1.807, 2.05) is 0 Å². The molecule has 102 valence electrons. The van der Waals surface area contributed by atoms with Crippen molar-refractivity contribution in [3.8, 4) is 0 Å². The molecule has 0 bridgehead atoms. The van der Waals surface area contributed by atoms with Crippen LogP contribution in [0.2, 0.25) is 4.47 Å². The third-order valence-electron chi connectivity index (χ3n) is 2.30. The van der Waals surface area contributed by atoms with E-state index in [1.54, 1.807) is 0 Å². The van der Waals surface area contributed by atoms with Gasteiger partial charge in [0.15, 0.2) is 4.47 Å². The van der Waals surface area contributed by atoms with Gasteiger partial charge in [-0.1, -0.05) is 11.6 Å². The molecule has 2 rings (SSSR count). The van der Waals surface area contributed by atoms with E-state index < -0.39 is 16.2 Å². The van der Waals surface area contributed by atoms with Crippen LogP contribution < -0.4 is 0 Å². The van der Waals surface area contributed by atoms with Crippen LogP contribution in [-0.2, 0) is 19.7 Å². The van der Waals surface area contributed by atoms with Gasteiger partial charge in [-0.3, -0.25) is 0 Å². The molecular weight excluding hydrogens is 314 g/mol. The summed E-state index contributed by atoms with van der Waals surface area (Å²) < 4.78 is 32.8. The van der Waals surface area contributed by atoms with Gasteiger partial charge in [0.1, 0.15) is 5.70 Å². The van der Waals surface area contributed by atoms with Gasteiger partial charge in [0.25, 0.3) is 0 Å². The monoisotopic (exact) mass is 321 g/mol. The fraction of sp³-hybridized carbons (Fsp3) is 0.222. The number of carbonyl (C=O) groups is 1. The van der Waals surface area contributed by atoms with Crippen LogP contribution in [0.3, 0.4) is 0 Å². The first-order valence-electron chi connectivity index (χ1n) is 4.85. The van der Waals surface area contributed by atoms with Gasteiger partial charge in [0.05, 0.1) is 17.7 Å². The van der Waals surface area contributed by atoms with E-state index in [2.05, 4.69) is 14.1 Å². The van der Waals surface area contributed by atoms with E-state index >= 15 is 0 Å². The van der Waals surface area contributed by atoms with Gasteiger partial charge in [0, 0.05) is 13.2 Å². The molecule has 0 N–H and O–H groups in total. The first-order valence-corrected chi connectivity index (χ1v) is 7.45. The summed E-state index contributed by atoms with van der Waals surface area (Å²) in [6.45, 7) is 0. The second kappa shape index (κ2) is 4.91. The summed E-state index contributed by atoms with van der Waals surface area (Å²) in [5.74, 6) is -0.769. The Morgan fingerprint density at radius 1 is 1.53 bits per heavy atom. The average Bonchev–Trinajstić information content (AvgIpc) is 2.78. The van der Waals surface area contributed by atoms with Crippen LogP contribution in [0.1, 0.15) is 4.88 Å². The van der Waals surface area contributed by atoms with Crippen LogP contribution in [0.15, 0.2) is 22.4 Å². The Balaban J connectivity index is 2.55. The molecule has 0 aromatic carbocycles. The zero-order chi connectivity index (χ0) is 14.2. The summed E-state index contributed by atoms with van der Waals surface area (Å²) >= 11 is 6.75. The predicted octanol–water partition coefficient (Wildman–Crippen LogP) is 0.833. The van der Waals surface area contributed by atoms with Gasteiger partial charge < -0.3 is 4.74 Å². The first-order chi connectivity index (χ1) is 8.85. The van der Waals surface area contributed by atoms with E-state index in [-0.39, 0.29) is 15.9 Å². The molecule has 1 aliphatic heterocycles. The summed E-state index contributed by atoms with van der Waals surface area (Å²) in [5, 5.41) is 0. The number of hydrogen-bond acceptors (Lipinski definition) is 6. The lowest BCUT2D eigenvalue weighted by Crippen LogP contribution is -2.33. The predicted molar refractivity (Wildman–Crippen MR) is 70.4 cm³/mol. The van der Waals surface area contributed by atoms with E-state index in [1.165, 1.54) is 26.4 Å². The lowest BCUT2D eigenvalue weighted by Gasteiger charge is -2.21. The third-order valence-corrected chi connectivity index (χ3v) is 4.75. The highest BCUT2D eigenvalue weighted by atomic mass is 35.5. The Kier molecular flexibility index (Phi) is 3.61. The quantitative estimate of drug-likeness (QED) is 0.753. The third kappa shape index (κ3) is 2.62.